The van der Waals surface area contributed by atoms with E-state index in [-0.39, 0.29) is 21.9 Å². The lowest BCUT2D eigenvalue weighted by Gasteiger charge is -2.10. The highest BCUT2D eigenvalue weighted by Crippen LogP contribution is 2.29. The zero-order valence-corrected chi connectivity index (χ0v) is 13.3. The normalized spacial score (nSPS) is 13.6. The minimum absolute atomic E-state index is 0.0661. The fourth-order valence-corrected chi connectivity index (χ4v) is 3.93. The third-order valence-corrected chi connectivity index (χ3v) is 5.32. The van der Waals surface area contributed by atoms with Gasteiger partial charge in [0.2, 0.25) is 0 Å². The summed E-state index contributed by atoms with van der Waals surface area (Å²) < 4.78 is 30.0. The highest BCUT2D eigenvalue weighted by Gasteiger charge is 2.22. The Kier molecular flexibility index (Phi) is 3.81. The molecule has 0 aromatic heterocycles. The largest absolute Gasteiger partial charge is 0.379 e. The lowest BCUT2D eigenvalue weighted by atomic mass is 10.1. The van der Waals surface area contributed by atoms with E-state index < -0.39 is 15.0 Å². The van der Waals surface area contributed by atoms with Gasteiger partial charge in [0.25, 0.3) is 5.69 Å². The van der Waals surface area contributed by atoms with Crippen molar-refractivity contribution in [2.24, 2.45) is 0 Å². The van der Waals surface area contributed by atoms with E-state index >= 15 is 0 Å². The van der Waals surface area contributed by atoms with E-state index in [2.05, 4.69) is 0 Å². The molecule has 0 amide bonds. The minimum atomic E-state index is -4.03. The second-order valence-corrected chi connectivity index (χ2v) is 7.04. The number of non-ortho nitro benzene ring substituents is 1. The molecule has 0 heterocycles. The summed E-state index contributed by atoms with van der Waals surface area (Å²) in [5, 5.41) is 10.7. The molecular weight excluding hydrogens is 318 g/mol. The molecule has 6 nitrogen and oxygen atoms in total. The predicted molar refractivity (Wildman–Crippen MR) is 84.1 cm³/mol. The number of aryl methyl sites for hydroxylation is 3. The summed E-state index contributed by atoms with van der Waals surface area (Å²) >= 11 is 0. The number of nitrogens with zero attached hydrogens (tertiary/aromatic N) is 1. The summed E-state index contributed by atoms with van der Waals surface area (Å²) in [5.41, 5.74) is 2.46. The Morgan fingerprint density at radius 3 is 2.52 bits per heavy atom. The molecule has 0 aliphatic heterocycles. The molecule has 1 aliphatic rings. The van der Waals surface area contributed by atoms with Crippen LogP contribution in [-0.4, -0.2) is 13.3 Å². The van der Waals surface area contributed by atoms with Crippen molar-refractivity contribution in [3.63, 3.8) is 0 Å². The first-order chi connectivity index (χ1) is 10.9. The van der Waals surface area contributed by atoms with Crippen LogP contribution < -0.4 is 4.18 Å². The van der Waals surface area contributed by atoms with Crippen LogP contribution in [-0.2, 0) is 23.0 Å². The van der Waals surface area contributed by atoms with E-state index in [1.807, 2.05) is 6.07 Å². The van der Waals surface area contributed by atoms with Crippen molar-refractivity contribution in [2.45, 2.75) is 31.1 Å². The van der Waals surface area contributed by atoms with Gasteiger partial charge in [-0.3, -0.25) is 10.1 Å². The maximum Gasteiger partial charge on any atom is 0.339 e. The first kappa shape index (κ1) is 15.5. The van der Waals surface area contributed by atoms with Crippen molar-refractivity contribution in [1.29, 1.82) is 0 Å². The van der Waals surface area contributed by atoms with Crippen LogP contribution >= 0.6 is 0 Å². The first-order valence-corrected chi connectivity index (χ1v) is 8.59. The van der Waals surface area contributed by atoms with Gasteiger partial charge in [-0.05, 0) is 61.1 Å². The van der Waals surface area contributed by atoms with Crippen molar-refractivity contribution in [1.82, 2.24) is 0 Å². The molecule has 0 saturated heterocycles. The van der Waals surface area contributed by atoms with Gasteiger partial charge in [-0.2, -0.15) is 8.42 Å². The average molecular weight is 333 g/mol. The van der Waals surface area contributed by atoms with E-state index in [1.54, 1.807) is 12.1 Å². The Morgan fingerprint density at radius 1 is 1.09 bits per heavy atom. The van der Waals surface area contributed by atoms with Crippen molar-refractivity contribution >= 4 is 15.8 Å². The van der Waals surface area contributed by atoms with Crippen molar-refractivity contribution < 1.29 is 17.5 Å². The summed E-state index contributed by atoms with van der Waals surface area (Å²) in [6.45, 7) is 1.51. The summed E-state index contributed by atoms with van der Waals surface area (Å²) in [6.07, 6.45) is 2.99. The zero-order chi connectivity index (χ0) is 16.6. The van der Waals surface area contributed by atoms with Crippen molar-refractivity contribution in [3.05, 3.63) is 63.2 Å². The third kappa shape index (κ3) is 3.05. The monoisotopic (exact) mass is 333 g/mol. The SMILES string of the molecule is Cc1cc([N+](=O)[O-])ccc1S(=O)(=O)Oc1ccc2c(c1)CCC2. The number of benzene rings is 2. The van der Waals surface area contributed by atoms with Gasteiger partial charge in [-0.25, -0.2) is 0 Å². The number of rotatable bonds is 4. The molecule has 2 aromatic carbocycles. The molecule has 0 spiro atoms. The van der Waals surface area contributed by atoms with Crippen LogP contribution in [0.2, 0.25) is 0 Å². The van der Waals surface area contributed by atoms with E-state index in [4.69, 9.17) is 4.18 Å². The first-order valence-electron chi connectivity index (χ1n) is 7.18. The highest BCUT2D eigenvalue weighted by atomic mass is 32.2. The third-order valence-electron chi connectivity index (χ3n) is 3.91. The van der Waals surface area contributed by atoms with E-state index in [0.29, 0.717) is 0 Å². The quantitative estimate of drug-likeness (QED) is 0.487. The second kappa shape index (κ2) is 5.66. The Morgan fingerprint density at radius 2 is 1.83 bits per heavy atom. The van der Waals surface area contributed by atoms with Gasteiger partial charge in [0.05, 0.1) is 4.92 Å². The summed E-state index contributed by atoms with van der Waals surface area (Å²) in [5.74, 6) is 0.267. The van der Waals surface area contributed by atoms with E-state index in [0.717, 1.165) is 30.9 Å². The molecule has 0 radical (unpaired) electrons. The number of hydrogen-bond donors (Lipinski definition) is 0. The van der Waals surface area contributed by atoms with Gasteiger partial charge >= 0.3 is 10.1 Å². The number of nitro groups is 1. The Balaban J connectivity index is 1.91. The van der Waals surface area contributed by atoms with Crippen LogP contribution in [0.15, 0.2) is 41.3 Å². The molecule has 7 heteroatoms. The molecule has 0 saturated carbocycles. The Hall–Kier alpha value is -2.41. The molecule has 1 aliphatic carbocycles. The molecule has 0 unspecified atom stereocenters. The fourth-order valence-electron chi connectivity index (χ4n) is 2.80. The summed E-state index contributed by atoms with van der Waals surface area (Å²) in [7, 11) is -4.03. The van der Waals surface area contributed by atoms with Crippen LogP contribution in [0.3, 0.4) is 0 Å². The molecule has 0 bridgehead atoms. The van der Waals surface area contributed by atoms with E-state index in [9.17, 15) is 18.5 Å². The second-order valence-electron chi connectivity index (χ2n) is 5.53. The minimum Gasteiger partial charge on any atom is -0.379 e. The Bertz CT molecular complexity index is 889. The molecule has 120 valence electrons. The van der Waals surface area contributed by atoms with Gasteiger partial charge in [0, 0.05) is 12.1 Å². The molecule has 23 heavy (non-hydrogen) atoms. The maximum absolute atomic E-state index is 12.4. The fraction of sp³-hybridized carbons (Fsp3) is 0.250. The molecular formula is C16H15NO5S. The molecule has 0 N–H and O–H groups in total. The maximum atomic E-state index is 12.4. The number of nitro benzene ring substituents is 1. The van der Waals surface area contributed by atoms with Gasteiger partial charge in [0.1, 0.15) is 10.6 Å². The van der Waals surface area contributed by atoms with Gasteiger partial charge in [-0.1, -0.05) is 6.07 Å². The van der Waals surface area contributed by atoms with Crippen LogP contribution in [0.5, 0.6) is 5.75 Å². The number of hydrogen-bond acceptors (Lipinski definition) is 5. The molecule has 3 rings (SSSR count). The van der Waals surface area contributed by atoms with Gasteiger partial charge in [0.15, 0.2) is 0 Å². The highest BCUT2D eigenvalue weighted by molar-refractivity contribution is 7.87. The molecule has 2 aromatic rings. The van der Waals surface area contributed by atoms with Crippen molar-refractivity contribution in [2.75, 3.05) is 0 Å². The van der Waals surface area contributed by atoms with Gasteiger partial charge in [-0.15, -0.1) is 0 Å². The van der Waals surface area contributed by atoms with Crippen molar-refractivity contribution in [3.8, 4) is 5.75 Å². The Labute approximate surface area is 134 Å². The summed E-state index contributed by atoms with van der Waals surface area (Å²) in [4.78, 5) is 10.1. The average Bonchev–Trinajstić information content (AvgIpc) is 2.93. The van der Waals surface area contributed by atoms with E-state index in [1.165, 1.54) is 24.6 Å². The zero-order valence-electron chi connectivity index (χ0n) is 12.5. The molecule has 0 fully saturated rings. The van der Waals surface area contributed by atoms with Gasteiger partial charge < -0.3 is 4.18 Å². The molecule has 0 atom stereocenters. The van der Waals surface area contributed by atoms with Crippen LogP contribution in [0.25, 0.3) is 0 Å². The lowest BCUT2D eigenvalue weighted by Crippen LogP contribution is -2.11. The summed E-state index contributed by atoms with van der Waals surface area (Å²) in [6, 6.07) is 8.86. The van der Waals surface area contributed by atoms with Crippen LogP contribution in [0, 0.1) is 17.0 Å². The van der Waals surface area contributed by atoms with Crippen LogP contribution in [0.4, 0.5) is 5.69 Å². The lowest BCUT2D eigenvalue weighted by molar-refractivity contribution is -0.385. The van der Waals surface area contributed by atoms with Crippen LogP contribution in [0.1, 0.15) is 23.1 Å². The number of fused-ring (bicyclic) bond motifs is 1. The predicted octanol–water partition coefficient (Wildman–Crippen LogP) is 3.16. The standard InChI is InChI=1S/C16H15NO5S/c1-11-9-14(17(18)19)6-8-16(11)23(20,21)22-15-7-5-12-3-2-4-13(12)10-15/h5-10H,2-4H2,1H3. The topological polar surface area (TPSA) is 86.5 Å². The smallest absolute Gasteiger partial charge is 0.339 e.